The molecule has 0 amide bonds. The van der Waals surface area contributed by atoms with E-state index in [1.54, 1.807) is 0 Å². The fraction of sp³-hybridized carbons (Fsp3) is 0.500. The first-order valence-electron chi connectivity index (χ1n) is 5.31. The second kappa shape index (κ2) is 8.24. The lowest BCUT2D eigenvalue weighted by atomic mass is 10.4. The summed E-state index contributed by atoms with van der Waals surface area (Å²) in [6, 6.07) is 12.0. The summed E-state index contributed by atoms with van der Waals surface area (Å²) in [5.41, 5.74) is 0. The van der Waals surface area contributed by atoms with Gasteiger partial charge in [0.1, 0.15) is 12.2 Å². The average Bonchev–Trinajstić information content (AvgIpc) is 3.16. The first kappa shape index (κ1) is 13.1. The van der Waals surface area contributed by atoms with E-state index in [4.69, 9.17) is 19.7 Å². The summed E-state index contributed by atoms with van der Waals surface area (Å²) >= 11 is 0. The van der Waals surface area contributed by atoms with Gasteiger partial charge in [0.05, 0.1) is 26.4 Å². The van der Waals surface area contributed by atoms with Crippen LogP contribution in [0.4, 0.5) is 0 Å². The van der Waals surface area contributed by atoms with Crippen molar-refractivity contribution < 1.29 is 19.7 Å². The molecule has 1 aromatic carbocycles. The lowest BCUT2D eigenvalue weighted by Gasteiger charge is -2.05. The summed E-state index contributed by atoms with van der Waals surface area (Å²) < 4.78 is 9.83. The number of benzene rings is 1. The lowest BCUT2D eigenvalue weighted by molar-refractivity contribution is 0.00216. The van der Waals surface area contributed by atoms with Crippen LogP contribution in [0, 0.1) is 0 Å². The van der Waals surface area contributed by atoms with Crippen molar-refractivity contribution in [2.45, 2.75) is 12.2 Å². The van der Waals surface area contributed by atoms with Crippen molar-refractivity contribution in [1.82, 2.24) is 0 Å². The second-order valence-corrected chi connectivity index (χ2v) is 3.48. The molecule has 1 aromatic rings. The highest BCUT2D eigenvalue weighted by Gasteiger charge is 2.22. The Hall–Kier alpha value is -0.940. The van der Waals surface area contributed by atoms with Gasteiger partial charge >= 0.3 is 0 Å². The predicted octanol–water partition coefficient (Wildman–Crippen LogP) is 0.442. The summed E-state index contributed by atoms with van der Waals surface area (Å²) in [5.74, 6) is 0. The largest absolute Gasteiger partial charge is 0.394 e. The van der Waals surface area contributed by atoms with Crippen LogP contribution in [0.3, 0.4) is 0 Å². The molecule has 2 N–H and O–H groups in total. The first-order chi connectivity index (χ1) is 7.83. The van der Waals surface area contributed by atoms with Gasteiger partial charge in [0.2, 0.25) is 0 Å². The molecule has 2 atom stereocenters. The molecule has 2 unspecified atom stereocenters. The van der Waals surface area contributed by atoms with E-state index in [0.717, 1.165) is 6.61 Å². The molecule has 4 nitrogen and oxygen atoms in total. The third-order valence-electron chi connectivity index (χ3n) is 1.89. The average molecular weight is 226 g/mol. The molecule has 1 heterocycles. The highest BCUT2D eigenvalue weighted by molar-refractivity contribution is 4.99. The molecule has 0 aliphatic carbocycles. The van der Waals surface area contributed by atoms with Gasteiger partial charge < -0.3 is 19.7 Å². The predicted molar refractivity (Wildman–Crippen MR) is 60.1 cm³/mol. The highest BCUT2D eigenvalue weighted by atomic mass is 16.6. The zero-order valence-corrected chi connectivity index (χ0v) is 9.16. The Morgan fingerprint density at radius 3 is 2.06 bits per heavy atom. The van der Waals surface area contributed by atoms with Crippen LogP contribution in [-0.4, -0.2) is 48.8 Å². The van der Waals surface area contributed by atoms with E-state index in [1.807, 2.05) is 36.4 Å². The van der Waals surface area contributed by atoms with E-state index < -0.39 is 6.10 Å². The third kappa shape index (κ3) is 7.36. The van der Waals surface area contributed by atoms with Crippen LogP contribution in [0.5, 0.6) is 0 Å². The second-order valence-electron chi connectivity index (χ2n) is 3.48. The molecule has 1 saturated heterocycles. The minimum absolute atomic E-state index is 0.191. The van der Waals surface area contributed by atoms with Crippen molar-refractivity contribution in [3.63, 3.8) is 0 Å². The van der Waals surface area contributed by atoms with Crippen LogP contribution in [0.15, 0.2) is 36.4 Å². The number of aliphatic hydroxyl groups excluding tert-OH is 2. The number of hydrogen-bond acceptors (Lipinski definition) is 4. The van der Waals surface area contributed by atoms with Crippen molar-refractivity contribution in [3.05, 3.63) is 36.4 Å². The third-order valence-corrected chi connectivity index (χ3v) is 1.89. The quantitative estimate of drug-likeness (QED) is 0.715. The maximum absolute atomic E-state index is 8.78. The van der Waals surface area contributed by atoms with Crippen molar-refractivity contribution in [2.24, 2.45) is 0 Å². The summed E-state index contributed by atoms with van der Waals surface area (Å²) in [5, 5.41) is 17.1. The Labute approximate surface area is 95.4 Å². The number of epoxide rings is 1. The Morgan fingerprint density at radius 1 is 1.19 bits per heavy atom. The topological polar surface area (TPSA) is 62.2 Å². The van der Waals surface area contributed by atoms with Gasteiger partial charge in [0, 0.05) is 0 Å². The van der Waals surface area contributed by atoms with Crippen LogP contribution < -0.4 is 0 Å². The van der Waals surface area contributed by atoms with Gasteiger partial charge in [-0.1, -0.05) is 36.4 Å². The van der Waals surface area contributed by atoms with E-state index in [0.29, 0.717) is 6.61 Å². The van der Waals surface area contributed by atoms with Crippen molar-refractivity contribution >= 4 is 0 Å². The molecule has 0 radical (unpaired) electrons. The van der Waals surface area contributed by atoms with E-state index in [9.17, 15) is 0 Å². The molecule has 0 aromatic heterocycles. The molecule has 2 rings (SSSR count). The van der Waals surface area contributed by atoms with E-state index >= 15 is 0 Å². The first-order valence-corrected chi connectivity index (χ1v) is 5.31. The van der Waals surface area contributed by atoms with E-state index in [1.165, 1.54) is 0 Å². The highest BCUT2D eigenvalue weighted by Crippen LogP contribution is 2.08. The van der Waals surface area contributed by atoms with Gasteiger partial charge in [-0.15, -0.1) is 0 Å². The van der Waals surface area contributed by atoms with Gasteiger partial charge in [-0.3, -0.25) is 0 Å². The smallest absolute Gasteiger partial charge is 0.104 e. The van der Waals surface area contributed by atoms with Crippen molar-refractivity contribution in [1.29, 1.82) is 0 Å². The summed E-state index contributed by atoms with van der Waals surface area (Å²) in [6.45, 7) is 1.23. The number of ether oxygens (including phenoxy) is 2. The Bertz CT molecular complexity index is 222. The fourth-order valence-electron chi connectivity index (χ4n) is 0.937. The zero-order chi connectivity index (χ0) is 11.6. The van der Waals surface area contributed by atoms with Gasteiger partial charge in [0.25, 0.3) is 0 Å². The number of hydrogen-bond donors (Lipinski definition) is 2. The van der Waals surface area contributed by atoms with Gasteiger partial charge in [-0.25, -0.2) is 0 Å². The fourth-order valence-corrected chi connectivity index (χ4v) is 0.937. The summed E-state index contributed by atoms with van der Waals surface area (Å²) in [7, 11) is 0. The maximum atomic E-state index is 8.78. The van der Waals surface area contributed by atoms with Crippen molar-refractivity contribution in [2.75, 3.05) is 26.4 Å². The molecule has 1 aliphatic heterocycles. The molecule has 16 heavy (non-hydrogen) atoms. The van der Waals surface area contributed by atoms with Crippen LogP contribution in [0.1, 0.15) is 0 Å². The van der Waals surface area contributed by atoms with Crippen LogP contribution in [0.2, 0.25) is 0 Å². The van der Waals surface area contributed by atoms with Crippen LogP contribution >= 0.6 is 0 Å². The molecule has 1 aliphatic rings. The minimum Gasteiger partial charge on any atom is -0.394 e. The van der Waals surface area contributed by atoms with Gasteiger partial charge in [-0.05, 0) is 0 Å². The summed E-state index contributed by atoms with van der Waals surface area (Å²) in [6.07, 6.45) is -0.523. The number of rotatable bonds is 5. The molecule has 0 saturated carbocycles. The minimum atomic E-state index is -0.751. The van der Waals surface area contributed by atoms with E-state index in [2.05, 4.69) is 0 Å². The molecule has 0 spiro atoms. The Kier molecular flexibility index (Phi) is 6.76. The van der Waals surface area contributed by atoms with Gasteiger partial charge in [0.15, 0.2) is 0 Å². The zero-order valence-electron chi connectivity index (χ0n) is 9.16. The molecular formula is C12H18O4. The standard InChI is InChI=1S/C6H12O4.C6H6/c7-1-5(8)2-9-3-6-4-10-6;1-2-4-6-5-3-1/h5-8H,1-4H2;1-6H. The van der Waals surface area contributed by atoms with E-state index in [-0.39, 0.29) is 19.3 Å². The van der Waals surface area contributed by atoms with Crippen LogP contribution in [0.25, 0.3) is 0 Å². The monoisotopic (exact) mass is 226 g/mol. The normalized spacial score (nSPS) is 19.5. The maximum Gasteiger partial charge on any atom is 0.104 e. The molecule has 1 fully saturated rings. The Balaban J connectivity index is 0.000000181. The lowest BCUT2D eigenvalue weighted by Crippen LogP contribution is -2.20. The molecular weight excluding hydrogens is 208 g/mol. The molecule has 90 valence electrons. The molecule has 4 heteroatoms. The van der Waals surface area contributed by atoms with Gasteiger partial charge in [-0.2, -0.15) is 0 Å². The Morgan fingerprint density at radius 2 is 1.69 bits per heavy atom. The molecule has 0 bridgehead atoms. The number of aliphatic hydroxyl groups is 2. The van der Waals surface area contributed by atoms with Crippen molar-refractivity contribution in [3.8, 4) is 0 Å². The van der Waals surface area contributed by atoms with Crippen LogP contribution in [-0.2, 0) is 9.47 Å². The summed E-state index contributed by atoms with van der Waals surface area (Å²) in [4.78, 5) is 0. The SMILES string of the molecule is OCC(O)COCC1CO1.c1ccccc1.